The van der Waals surface area contributed by atoms with E-state index >= 15 is 0 Å². The predicted octanol–water partition coefficient (Wildman–Crippen LogP) is 5.36. The lowest BCUT2D eigenvalue weighted by Gasteiger charge is -2.13. The van der Waals surface area contributed by atoms with Crippen LogP contribution in [0.5, 0.6) is 5.75 Å². The Morgan fingerprint density at radius 2 is 1.76 bits per heavy atom. The van der Waals surface area contributed by atoms with Crippen molar-refractivity contribution in [1.29, 1.82) is 0 Å². The summed E-state index contributed by atoms with van der Waals surface area (Å²) in [5.74, 6) is 1.49. The maximum atomic E-state index is 13.2. The molecule has 0 fully saturated rings. The van der Waals surface area contributed by atoms with E-state index in [1.807, 2.05) is 80.7 Å². The van der Waals surface area contributed by atoms with Gasteiger partial charge in [0.2, 0.25) is 0 Å². The molecule has 0 aliphatic rings. The van der Waals surface area contributed by atoms with E-state index in [0.29, 0.717) is 11.4 Å². The summed E-state index contributed by atoms with van der Waals surface area (Å²) < 4.78 is 6.91. The first-order valence-corrected chi connectivity index (χ1v) is 11.0. The van der Waals surface area contributed by atoms with Crippen LogP contribution in [0, 0.1) is 13.8 Å². The highest BCUT2D eigenvalue weighted by Crippen LogP contribution is 2.29. The van der Waals surface area contributed by atoms with Crippen LogP contribution < -0.4 is 15.6 Å². The number of fused-ring (bicyclic) bond motifs is 1. The van der Waals surface area contributed by atoms with E-state index in [1.165, 1.54) is 0 Å². The highest BCUT2D eigenvalue weighted by Gasteiger charge is 2.13. The van der Waals surface area contributed by atoms with Gasteiger partial charge in [0.05, 0.1) is 18.3 Å². The maximum absolute atomic E-state index is 13.2. The summed E-state index contributed by atoms with van der Waals surface area (Å²) >= 11 is 0. The molecule has 5 aromatic rings. The third-order valence-corrected chi connectivity index (χ3v) is 6.02. The van der Waals surface area contributed by atoms with Crippen molar-refractivity contribution in [2.45, 2.75) is 13.8 Å². The summed E-state index contributed by atoms with van der Waals surface area (Å²) in [4.78, 5) is 17.6. The molecule has 7 nitrogen and oxygen atoms in total. The molecule has 0 unspecified atom stereocenters. The molecule has 0 saturated heterocycles. The van der Waals surface area contributed by atoms with Gasteiger partial charge >= 0.3 is 0 Å². The molecular weight excluding hydrogens is 426 g/mol. The number of anilines is 2. The van der Waals surface area contributed by atoms with Crippen molar-refractivity contribution in [3.8, 4) is 28.1 Å². The SMILES string of the molecule is COc1ccc(-c2cc(Nc3ccc(C)c(-c4cc5cnc(C)cc5n(C)c4=O)c3)n[nH]2)cc1. The molecule has 0 aliphatic heterocycles. The molecule has 7 heteroatoms. The van der Waals surface area contributed by atoms with Crippen molar-refractivity contribution in [1.82, 2.24) is 19.7 Å². The van der Waals surface area contributed by atoms with Crippen molar-refractivity contribution >= 4 is 22.4 Å². The van der Waals surface area contributed by atoms with Crippen molar-refractivity contribution in [2.24, 2.45) is 7.05 Å². The van der Waals surface area contributed by atoms with Gasteiger partial charge in [-0.2, -0.15) is 5.10 Å². The van der Waals surface area contributed by atoms with Crippen LogP contribution in [-0.2, 0) is 7.05 Å². The number of ether oxygens (including phenoxy) is 1. The van der Waals surface area contributed by atoms with Gasteiger partial charge in [-0.15, -0.1) is 0 Å². The number of hydrogen-bond donors (Lipinski definition) is 2. The summed E-state index contributed by atoms with van der Waals surface area (Å²) in [6.45, 7) is 3.93. The van der Waals surface area contributed by atoms with Gasteiger partial charge in [0, 0.05) is 41.6 Å². The van der Waals surface area contributed by atoms with Crippen LogP contribution in [-0.4, -0.2) is 26.9 Å². The Morgan fingerprint density at radius 1 is 0.971 bits per heavy atom. The molecule has 0 radical (unpaired) electrons. The molecule has 0 amide bonds. The third kappa shape index (κ3) is 3.92. The number of benzene rings is 2. The van der Waals surface area contributed by atoms with Crippen LogP contribution in [0.25, 0.3) is 33.3 Å². The quantitative estimate of drug-likeness (QED) is 0.376. The zero-order chi connectivity index (χ0) is 23.8. The normalized spacial score (nSPS) is 11.1. The van der Waals surface area contributed by atoms with Gasteiger partial charge in [-0.3, -0.25) is 14.9 Å². The number of aromatic amines is 1. The number of aryl methyl sites for hydroxylation is 3. The molecule has 3 heterocycles. The van der Waals surface area contributed by atoms with Crippen LogP contribution in [0.3, 0.4) is 0 Å². The van der Waals surface area contributed by atoms with E-state index < -0.39 is 0 Å². The lowest BCUT2D eigenvalue weighted by molar-refractivity contribution is 0.415. The summed E-state index contributed by atoms with van der Waals surface area (Å²) in [5.41, 5.74) is 6.99. The molecule has 170 valence electrons. The predicted molar refractivity (Wildman–Crippen MR) is 136 cm³/mol. The van der Waals surface area contributed by atoms with Crippen LogP contribution >= 0.6 is 0 Å². The fourth-order valence-electron chi connectivity index (χ4n) is 4.10. The van der Waals surface area contributed by atoms with Crippen LogP contribution in [0.4, 0.5) is 11.5 Å². The molecular formula is C27H25N5O2. The molecule has 0 bridgehead atoms. The van der Waals surface area contributed by atoms with Gasteiger partial charge in [0.1, 0.15) is 5.75 Å². The number of methoxy groups -OCH3 is 1. The van der Waals surface area contributed by atoms with E-state index in [0.717, 1.165) is 50.4 Å². The van der Waals surface area contributed by atoms with Gasteiger partial charge in [-0.1, -0.05) is 6.07 Å². The van der Waals surface area contributed by atoms with E-state index in [9.17, 15) is 4.79 Å². The Labute approximate surface area is 197 Å². The number of rotatable bonds is 5. The number of H-pyrrole nitrogens is 1. The molecule has 2 N–H and O–H groups in total. The average molecular weight is 452 g/mol. The van der Waals surface area contributed by atoms with E-state index in [1.54, 1.807) is 18.7 Å². The Bertz CT molecular complexity index is 1570. The van der Waals surface area contributed by atoms with Gasteiger partial charge in [-0.25, -0.2) is 0 Å². The Balaban J connectivity index is 1.48. The van der Waals surface area contributed by atoms with E-state index in [2.05, 4.69) is 20.5 Å². The summed E-state index contributed by atoms with van der Waals surface area (Å²) in [6, 6.07) is 19.6. The van der Waals surface area contributed by atoms with Gasteiger partial charge in [0.25, 0.3) is 5.56 Å². The Hall–Kier alpha value is -4.39. The largest absolute Gasteiger partial charge is 0.497 e. The average Bonchev–Trinajstić information content (AvgIpc) is 3.31. The first kappa shape index (κ1) is 21.5. The number of hydrogen-bond acceptors (Lipinski definition) is 5. The van der Waals surface area contributed by atoms with Crippen molar-refractivity contribution in [2.75, 3.05) is 12.4 Å². The lowest BCUT2D eigenvalue weighted by atomic mass is 9.99. The van der Waals surface area contributed by atoms with Crippen molar-refractivity contribution in [3.63, 3.8) is 0 Å². The van der Waals surface area contributed by atoms with Crippen molar-refractivity contribution in [3.05, 3.63) is 88.5 Å². The second kappa shape index (κ2) is 8.51. The summed E-state index contributed by atoms with van der Waals surface area (Å²) in [6.07, 6.45) is 1.81. The molecule has 0 spiro atoms. The monoisotopic (exact) mass is 451 g/mol. The highest BCUT2D eigenvalue weighted by molar-refractivity contribution is 5.85. The topological polar surface area (TPSA) is 84.8 Å². The minimum atomic E-state index is -0.0417. The zero-order valence-corrected chi connectivity index (χ0v) is 19.5. The summed E-state index contributed by atoms with van der Waals surface area (Å²) in [5, 5.41) is 11.7. The van der Waals surface area contributed by atoms with Gasteiger partial charge in [-0.05, 0) is 79.1 Å². The lowest BCUT2D eigenvalue weighted by Crippen LogP contribution is -2.19. The zero-order valence-electron chi connectivity index (χ0n) is 19.5. The smallest absolute Gasteiger partial charge is 0.258 e. The first-order valence-electron chi connectivity index (χ1n) is 11.0. The summed E-state index contributed by atoms with van der Waals surface area (Å²) in [7, 11) is 3.45. The molecule has 0 atom stereocenters. The van der Waals surface area contributed by atoms with Crippen LogP contribution in [0.15, 0.2) is 71.7 Å². The third-order valence-electron chi connectivity index (χ3n) is 6.02. The number of nitrogens with one attached hydrogen (secondary N) is 2. The van der Waals surface area contributed by atoms with E-state index in [4.69, 9.17) is 4.74 Å². The molecule has 0 saturated carbocycles. The number of aromatic nitrogens is 4. The number of pyridine rings is 2. The van der Waals surface area contributed by atoms with Gasteiger partial charge in [0.15, 0.2) is 5.82 Å². The van der Waals surface area contributed by atoms with Crippen molar-refractivity contribution < 1.29 is 4.74 Å². The fraction of sp³-hybridized carbons (Fsp3) is 0.148. The minimum Gasteiger partial charge on any atom is -0.497 e. The highest BCUT2D eigenvalue weighted by atomic mass is 16.5. The van der Waals surface area contributed by atoms with E-state index in [-0.39, 0.29) is 5.56 Å². The van der Waals surface area contributed by atoms with Crippen LogP contribution in [0.2, 0.25) is 0 Å². The first-order chi connectivity index (χ1) is 16.4. The standard InChI is InChI=1S/C27H25N5O2/c1-16-5-8-20(29-26-14-24(30-31-26)18-6-9-21(34-4)10-7-18)13-22(16)23-12-19-15-28-17(2)11-25(19)32(3)27(23)33/h5-15H,1-4H3,(H2,29,30,31). The minimum absolute atomic E-state index is 0.0417. The van der Waals surface area contributed by atoms with Crippen LogP contribution in [0.1, 0.15) is 11.3 Å². The Morgan fingerprint density at radius 3 is 2.53 bits per heavy atom. The maximum Gasteiger partial charge on any atom is 0.258 e. The second-order valence-corrected chi connectivity index (χ2v) is 8.36. The molecule has 34 heavy (non-hydrogen) atoms. The molecule has 2 aromatic carbocycles. The molecule has 0 aliphatic carbocycles. The molecule has 3 aromatic heterocycles. The van der Waals surface area contributed by atoms with Gasteiger partial charge < -0.3 is 14.6 Å². The number of nitrogens with zero attached hydrogens (tertiary/aromatic N) is 3. The second-order valence-electron chi connectivity index (χ2n) is 8.36. The molecule has 5 rings (SSSR count). The Kier molecular flexibility index (Phi) is 5.37. The fourth-order valence-corrected chi connectivity index (χ4v) is 4.10.